The highest BCUT2D eigenvalue weighted by Gasteiger charge is 2.33. The predicted molar refractivity (Wildman–Crippen MR) is 128 cm³/mol. The van der Waals surface area contributed by atoms with Crippen LogP contribution in [0.3, 0.4) is 0 Å². The van der Waals surface area contributed by atoms with Crippen LogP contribution in [0.4, 0.5) is 11.4 Å². The molecule has 0 aromatic heterocycles. The van der Waals surface area contributed by atoms with Gasteiger partial charge in [0.1, 0.15) is 5.75 Å². The summed E-state index contributed by atoms with van der Waals surface area (Å²) in [7, 11) is -3.72. The minimum Gasteiger partial charge on any atom is -0.494 e. The molecule has 2 amide bonds. The number of amides is 2. The number of nitrogens with one attached hydrogen (secondary N) is 2. The van der Waals surface area contributed by atoms with Gasteiger partial charge in [0.2, 0.25) is 21.8 Å². The summed E-state index contributed by atoms with van der Waals surface area (Å²) in [4.78, 5) is 25.6. The van der Waals surface area contributed by atoms with E-state index in [1.807, 2.05) is 13.8 Å². The fourth-order valence-corrected chi connectivity index (χ4v) is 6.33. The third-order valence-electron chi connectivity index (χ3n) is 5.78. The highest BCUT2D eigenvalue weighted by atomic mass is 32.2. The lowest BCUT2D eigenvalue weighted by molar-refractivity contribution is -0.121. The molecule has 1 fully saturated rings. The number of anilines is 2. The van der Waals surface area contributed by atoms with Gasteiger partial charge >= 0.3 is 0 Å². The van der Waals surface area contributed by atoms with Crippen LogP contribution in [0.1, 0.15) is 26.7 Å². The molecule has 1 saturated heterocycles. The molecule has 4 rings (SSSR count). The van der Waals surface area contributed by atoms with Crippen LogP contribution in [0, 0.1) is 5.92 Å². The molecule has 2 aromatic rings. The summed E-state index contributed by atoms with van der Waals surface area (Å²) in [5.41, 5.74) is 1.20. The normalized spacial score (nSPS) is 19.5. The van der Waals surface area contributed by atoms with Gasteiger partial charge in [-0.05, 0) is 69.2 Å². The van der Waals surface area contributed by atoms with E-state index in [-0.39, 0.29) is 41.0 Å². The van der Waals surface area contributed by atoms with E-state index in [2.05, 4.69) is 10.6 Å². The third-order valence-corrected chi connectivity index (χ3v) is 8.85. The Hall–Kier alpha value is -2.56. The maximum atomic E-state index is 13.2. The van der Waals surface area contributed by atoms with E-state index in [1.165, 1.54) is 22.1 Å². The fourth-order valence-electron chi connectivity index (χ4n) is 3.90. The van der Waals surface area contributed by atoms with Gasteiger partial charge in [0.15, 0.2) is 0 Å². The molecule has 0 unspecified atom stereocenters. The number of benzene rings is 2. The van der Waals surface area contributed by atoms with Gasteiger partial charge in [-0.15, -0.1) is 11.8 Å². The zero-order valence-corrected chi connectivity index (χ0v) is 20.2. The lowest BCUT2D eigenvalue weighted by Gasteiger charge is -2.31. The van der Waals surface area contributed by atoms with Crippen molar-refractivity contribution in [2.75, 3.05) is 30.3 Å². The summed E-state index contributed by atoms with van der Waals surface area (Å²) in [6.45, 7) is 4.82. The first-order valence-corrected chi connectivity index (χ1v) is 13.3. The number of rotatable bonds is 6. The van der Waals surface area contributed by atoms with Crippen molar-refractivity contribution in [1.82, 2.24) is 4.31 Å². The highest BCUT2D eigenvalue weighted by molar-refractivity contribution is 8.01. The minimum atomic E-state index is -3.72. The summed E-state index contributed by atoms with van der Waals surface area (Å²) < 4.78 is 33.1. The monoisotopic (exact) mass is 489 g/mol. The first-order chi connectivity index (χ1) is 15.8. The van der Waals surface area contributed by atoms with Gasteiger partial charge in [-0.25, -0.2) is 8.42 Å². The van der Waals surface area contributed by atoms with Crippen LogP contribution in [0.25, 0.3) is 0 Å². The van der Waals surface area contributed by atoms with Gasteiger partial charge < -0.3 is 15.4 Å². The molecule has 2 N–H and O–H groups in total. The van der Waals surface area contributed by atoms with Crippen LogP contribution >= 0.6 is 11.8 Å². The Morgan fingerprint density at radius 3 is 2.55 bits per heavy atom. The number of ether oxygens (including phenoxy) is 1. The molecule has 8 nitrogen and oxygen atoms in total. The molecule has 0 aliphatic carbocycles. The summed E-state index contributed by atoms with van der Waals surface area (Å²) >= 11 is 1.41. The van der Waals surface area contributed by atoms with Gasteiger partial charge in [-0.3, -0.25) is 9.59 Å². The quantitative estimate of drug-likeness (QED) is 0.643. The number of fused-ring (bicyclic) bond motifs is 1. The van der Waals surface area contributed by atoms with Crippen molar-refractivity contribution in [3.63, 3.8) is 0 Å². The lowest BCUT2D eigenvalue weighted by atomic mass is 9.97. The zero-order chi connectivity index (χ0) is 23.6. The Labute approximate surface area is 198 Å². The Bertz CT molecular complexity index is 1140. The Morgan fingerprint density at radius 2 is 1.88 bits per heavy atom. The van der Waals surface area contributed by atoms with Gasteiger partial charge in [0.25, 0.3) is 0 Å². The number of carbonyl (C=O) groups excluding carboxylic acids is 2. The Balaban J connectivity index is 1.37. The number of nitrogens with zero attached hydrogens (tertiary/aromatic N) is 1. The largest absolute Gasteiger partial charge is 0.494 e. The minimum absolute atomic E-state index is 0.112. The summed E-state index contributed by atoms with van der Waals surface area (Å²) in [5.74, 6) is 0.229. The average Bonchev–Trinajstić information content (AvgIpc) is 2.81. The number of sulfonamides is 1. The van der Waals surface area contributed by atoms with E-state index in [4.69, 9.17) is 4.74 Å². The number of hydrogen-bond acceptors (Lipinski definition) is 6. The van der Waals surface area contributed by atoms with Crippen molar-refractivity contribution in [2.45, 2.75) is 41.7 Å². The van der Waals surface area contributed by atoms with Gasteiger partial charge in [-0.1, -0.05) is 0 Å². The molecule has 10 heteroatoms. The molecule has 1 atom stereocenters. The van der Waals surface area contributed by atoms with Crippen LogP contribution in [0.5, 0.6) is 5.75 Å². The van der Waals surface area contributed by atoms with E-state index >= 15 is 0 Å². The Kier molecular flexibility index (Phi) is 6.96. The average molecular weight is 490 g/mol. The molecular formula is C23H27N3O5S2. The van der Waals surface area contributed by atoms with Crippen LogP contribution in [0.15, 0.2) is 52.3 Å². The molecule has 0 radical (unpaired) electrons. The van der Waals surface area contributed by atoms with Crippen molar-refractivity contribution in [1.29, 1.82) is 0 Å². The topological polar surface area (TPSA) is 105 Å². The Morgan fingerprint density at radius 1 is 1.18 bits per heavy atom. The summed E-state index contributed by atoms with van der Waals surface area (Å²) in [5, 5.41) is 5.47. The second-order valence-corrected chi connectivity index (χ2v) is 11.4. The van der Waals surface area contributed by atoms with Crippen molar-refractivity contribution >= 4 is 45.0 Å². The maximum absolute atomic E-state index is 13.2. The summed E-state index contributed by atoms with van der Waals surface area (Å²) in [6, 6.07) is 12.0. The second kappa shape index (κ2) is 9.74. The molecule has 0 saturated carbocycles. The van der Waals surface area contributed by atoms with Crippen LogP contribution in [-0.4, -0.2) is 49.5 Å². The second-order valence-electron chi connectivity index (χ2n) is 8.03. The molecule has 0 spiro atoms. The zero-order valence-electron chi connectivity index (χ0n) is 18.5. The van der Waals surface area contributed by atoms with Gasteiger partial charge in [-0.2, -0.15) is 4.31 Å². The van der Waals surface area contributed by atoms with Crippen LogP contribution in [-0.2, 0) is 19.6 Å². The number of thioether (sulfide) groups is 1. The number of carbonyl (C=O) groups is 2. The SMILES string of the molecule is CCOc1ccc(NC(=O)C2CCN(S(=O)(=O)c3ccc4c(c3)NC(=O)[C@@H](C)S4)CC2)cc1. The smallest absolute Gasteiger partial charge is 0.243 e. The lowest BCUT2D eigenvalue weighted by Crippen LogP contribution is -2.41. The van der Waals surface area contributed by atoms with Crippen LogP contribution in [0.2, 0.25) is 0 Å². The predicted octanol–water partition coefficient (Wildman–Crippen LogP) is 3.56. The standard InChI is InChI=1S/C23H27N3O5S2/c1-3-31-18-6-4-17(5-7-18)24-23(28)16-10-12-26(13-11-16)33(29,30)19-8-9-21-20(14-19)25-22(27)15(2)32-21/h4-9,14-16H,3,10-13H2,1-2H3,(H,24,28)(H,25,27)/t15-/m1/s1. The van der Waals surface area contributed by atoms with E-state index in [1.54, 1.807) is 36.4 Å². The van der Waals surface area contributed by atoms with Crippen molar-refractivity contribution in [3.8, 4) is 5.75 Å². The van der Waals surface area contributed by atoms with E-state index in [0.29, 0.717) is 30.8 Å². The fraction of sp³-hybridized carbons (Fsp3) is 0.391. The van der Waals surface area contributed by atoms with E-state index in [0.717, 1.165) is 10.6 Å². The van der Waals surface area contributed by atoms with Crippen molar-refractivity contribution in [3.05, 3.63) is 42.5 Å². The van der Waals surface area contributed by atoms with E-state index in [9.17, 15) is 18.0 Å². The molecule has 2 heterocycles. The first kappa shape index (κ1) is 23.6. The molecule has 176 valence electrons. The van der Waals surface area contributed by atoms with Gasteiger partial charge in [0.05, 0.1) is 22.4 Å². The molecule has 2 aliphatic rings. The molecular weight excluding hydrogens is 462 g/mol. The van der Waals surface area contributed by atoms with Crippen molar-refractivity contribution < 1.29 is 22.7 Å². The first-order valence-electron chi connectivity index (χ1n) is 10.9. The van der Waals surface area contributed by atoms with Gasteiger partial charge in [0, 0.05) is 29.6 Å². The number of piperidine rings is 1. The summed E-state index contributed by atoms with van der Waals surface area (Å²) in [6.07, 6.45) is 0.883. The van der Waals surface area contributed by atoms with E-state index < -0.39 is 10.0 Å². The third kappa shape index (κ3) is 5.18. The number of hydrogen-bond donors (Lipinski definition) is 2. The van der Waals surface area contributed by atoms with Crippen LogP contribution < -0.4 is 15.4 Å². The maximum Gasteiger partial charge on any atom is 0.243 e. The van der Waals surface area contributed by atoms with Crippen molar-refractivity contribution in [2.24, 2.45) is 5.92 Å². The molecule has 33 heavy (non-hydrogen) atoms. The molecule has 0 bridgehead atoms. The molecule has 2 aliphatic heterocycles. The molecule has 2 aromatic carbocycles. The highest BCUT2D eigenvalue weighted by Crippen LogP contribution is 2.37.